The second-order valence-electron chi connectivity index (χ2n) is 7.08. The average Bonchev–Trinajstić information content (AvgIpc) is 3.21. The highest BCUT2D eigenvalue weighted by atomic mass is 127. The van der Waals surface area contributed by atoms with Gasteiger partial charge in [0.15, 0.2) is 5.96 Å². The monoisotopic (exact) mass is 545 g/mol. The van der Waals surface area contributed by atoms with Crippen LogP contribution in [-0.4, -0.2) is 49.1 Å². The molecule has 0 spiro atoms. The van der Waals surface area contributed by atoms with Crippen molar-refractivity contribution in [1.29, 1.82) is 0 Å². The third-order valence-electron chi connectivity index (χ3n) is 4.77. The zero-order valence-corrected chi connectivity index (χ0v) is 21.9. The van der Waals surface area contributed by atoms with Crippen molar-refractivity contribution in [2.75, 3.05) is 33.3 Å². The first-order valence-corrected chi connectivity index (χ1v) is 11.3. The Hall–Kier alpha value is -1.39. The maximum absolute atomic E-state index is 6.04. The van der Waals surface area contributed by atoms with Crippen molar-refractivity contribution in [3.63, 3.8) is 0 Å². The molecule has 2 N–H and O–H groups in total. The Bertz CT molecular complexity index is 761. The molecule has 0 saturated carbocycles. The predicted octanol–water partition coefficient (Wildman–Crippen LogP) is 4.47. The average molecular weight is 546 g/mol. The van der Waals surface area contributed by atoms with Crippen molar-refractivity contribution >= 4 is 41.3 Å². The van der Waals surface area contributed by atoms with Crippen molar-refractivity contribution in [2.24, 2.45) is 4.99 Å². The van der Waals surface area contributed by atoms with Gasteiger partial charge < -0.3 is 20.3 Å². The van der Waals surface area contributed by atoms with E-state index in [1.807, 2.05) is 18.2 Å². The number of likely N-dealkylation sites (N-methyl/N-ethyl adjacent to an activating group) is 1. The van der Waals surface area contributed by atoms with Crippen LogP contribution in [0.15, 0.2) is 34.6 Å². The van der Waals surface area contributed by atoms with E-state index < -0.39 is 0 Å². The molecule has 168 valence electrons. The number of para-hydroxylation sites is 1. The number of ether oxygens (including phenoxy) is 1. The van der Waals surface area contributed by atoms with Crippen molar-refractivity contribution in [1.82, 2.24) is 20.5 Å². The first kappa shape index (κ1) is 26.6. The summed E-state index contributed by atoms with van der Waals surface area (Å²) < 4.78 is 6.04. The summed E-state index contributed by atoms with van der Waals surface area (Å²) in [7, 11) is 1.78. The molecule has 8 heteroatoms. The van der Waals surface area contributed by atoms with E-state index in [-0.39, 0.29) is 24.0 Å². The smallest absolute Gasteiger partial charge is 0.191 e. The number of thiazole rings is 1. The Morgan fingerprint density at radius 2 is 1.87 bits per heavy atom. The van der Waals surface area contributed by atoms with Crippen LogP contribution in [0.3, 0.4) is 0 Å². The SMILES string of the molecule is CCN(CC)CCOc1ccccc1CNC(=NC)NCc1nc(C(C)C)cs1.I. The number of guanidine groups is 1. The first-order chi connectivity index (χ1) is 14.1. The van der Waals surface area contributed by atoms with E-state index in [4.69, 9.17) is 4.74 Å². The number of hydrogen-bond acceptors (Lipinski definition) is 5. The molecule has 0 saturated heterocycles. The summed E-state index contributed by atoms with van der Waals surface area (Å²) in [4.78, 5) is 11.3. The highest BCUT2D eigenvalue weighted by Gasteiger charge is 2.08. The molecule has 1 aromatic carbocycles. The second kappa shape index (κ2) is 14.6. The standard InChI is InChI=1S/C22H35N5OS.HI/c1-6-27(7-2)12-13-28-20-11-9-8-10-18(20)14-24-22(23-5)25-15-21-26-19(16-29-21)17(3)4;/h8-11,16-17H,6-7,12-15H2,1-5H3,(H2,23,24,25);1H. The van der Waals surface area contributed by atoms with Gasteiger partial charge >= 0.3 is 0 Å². The fourth-order valence-electron chi connectivity index (χ4n) is 2.85. The van der Waals surface area contributed by atoms with Crippen LogP contribution in [0.2, 0.25) is 0 Å². The molecule has 0 aliphatic rings. The molecule has 0 aliphatic carbocycles. The van der Waals surface area contributed by atoms with Crippen molar-refractivity contribution in [2.45, 2.75) is 46.7 Å². The zero-order chi connectivity index (χ0) is 21.1. The Morgan fingerprint density at radius 1 is 1.17 bits per heavy atom. The number of aliphatic imine (C=N–C) groups is 1. The largest absolute Gasteiger partial charge is 0.492 e. The number of aromatic nitrogens is 1. The summed E-state index contributed by atoms with van der Waals surface area (Å²) in [6.45, 7) is 13.7. The fourth-order valence-corrected chi connectivity index (χ4v) is 3.74. The summed E-state index contributed by atoms with van der Waals surface area (Å²) in [6, 6.07) is 8.16. The number of rotatable bonds is 11. The highest BCUT2D eigenvalue weighted by Crippen LogP contribution is 2.18. The maximum atomic E-state index is 6.04. The lowest BCUT2D eigenvalue weighted by Gasteiger charge is -2.19. The van der Waals surface area contributed by atoms with E-state index >= 15 is 0 Å². The van der Waals surface area contributed by atoms with Crippen molar-refractivity contribution in [3.8, 4) is 5.75 Å². The molecule has 6 nitrogen and oxygen atoms in total. The Labute approximate surface area is 202 Å². The summed E-state index contributed by atoms with van der Waals surface area (Å²) in [5.74, 6) is 2.13. The number of halogens is 1. The van der Waals surface area contributed by atoms with E-state index in [1.54, 1.807) is 18.4 Å². The minimum atomic E-state index is 0. The minimum Gasteiger partial charge on any atom is -0.492 e. The van der Waals surface area contributed by atoms with Crippen LogP contribution in [0, 0.1) is 0 Å². The lowest BCUT2D eigenvalue weighted by Crippen LogP contribution is -2.36. The lowest BCUT2D eigenvalue weighted by molar-refractivity contribution is 0.221. The van der Waals surface area contributed by atoms with Gasteiger partial charge in [-0.25, -0.2) is 4.98 Å². The van der Waals surface area contributed by atoms with E-state index in [9.17, 15) is 0 Å². The van der Waals surface area contributed by atoms with Gasteiger partial charge in [0, 0.05) is 31.1 Å². The summed E-state index contributed by atoms with van der Waals surface area (Å²) in [5, 5.41) is 9.91. The van der Waals surface area contributed by atoms with Crippen LogP contribution in [0.25, 0.3) is 0 Å². The van der Waals surface area contributed by atoms with Gasteiger partial charge in [-0.1, -0.05) is 45.9 Å². The Kier molecular flexibility index (Phi) is 13.0. The highest BCUT2D eigenvalue weighted by molar-refractivity contribution is 14.0. The number of benzene rings is 1. The van der Waals surface area contributed by atoms with Crippen LogP contribution in [0.5, 0.6) is 5.75 Å². The number of hydrogen-bond donors (Lipinski definition) is 2. The van der Waals surface area contributed by atoms with Gasteiger partial charge in [-0.15, -0.1) is 35.3 Å². The van der Waals surface area contributed by atoms with E-state index in [0.717, 1.165) is 47.6 Å². The number of nitrogens with one attached hydrogen (secondary N) is 2. The van der Waals surface area contributed by atoms with E-state index in [0.29, 0.717) is 25.6 Å². The van der Waals surface area contributed by atoms with Crippen LogP contribution in [-0.2, 0) is 13.1 Å². The normalized spacial score (nSPS) is 11.5. The molecular formula is C22H36IN5OS. The van der Waals surface area contributed by atoms with Gasteiger partial charge in [0.25, 0.3) is 0 Å². The van der Waals surface area contributed by atoms with Gasteiger partial charge in [0.2, 0.25) is 0 Å². The summed E-state index contributed by atoms with van der Waals surface area (Å²) >= 11 is 1.68. The molecule has 0 aliphatic heterocycles. The quantitative estimate of drug-likeness (QED) is 0.248. The Balaban J connectivity index is 0.00000450. The molecule has 0 unspecified atom stereocenters. The third-order valence-corrected chi connectivity index (χ3v) is 5.64. The number of nitrogens with zero attached hydrogens (tertiary/aromatic N) is 3. The third kappa shape index (κ3) is 8.77. The van der Waals surface area contributed by atoms with Gasteiger partial charge in [0.05, 0.1) is 12.2 Å². The zero-order valence-electron chi connectivity index (χ0n) is 18.8. The Morgan fingerprint density at radius 3 is 2.50 bits per heavy atom. The first-order valence-electron chi connectivity index (χ1n) is 10.4. The van der Waals surface area contributed by atoms with Gasteiger partial charge in [-0.3, -0.25) is 4.99 Å². The molecule has 1 heterocycles. The molecule has 0 atom stereocenters. The fraction of sp³-hybridized carbons (Fsp3) is 0.545. The van der Waals surface area contributed by atoms with E-state index in [2.05, 4.69) is 64.7 Å². The second-order valence-corrected chi connectivity index (χ2v) is 8.03. The van der Waals surface area contributed by atoms with Crippen molar-refractivity contribution in [3.05, 3.63) is 45.9 Å². The maximum Gasteiger partial charge on any atom is 0.191 e. The lowest BCUT2D eigenvalue weighted by atomic mass is 10.2. The van der Waals surface area contributed by atoms with Crippen LogP contribution in [0.1, 0.15) is 49.9 Å². The molecule has 0 radical (unpaired) electrons. The molecular weight excluding hydrogens is 509 g/mol. The molecule has 0 fully saturated rings. The van der Waals surface area contributed by atoms with Gasteiger partial charge in [-0.05, 0) is 25.1 Å². The topological polar surface area (TPSA) is 61.8 Å². The minimum absolute atomic E-state index is 0. The predicted molar refractivity (Wildman–Crippen MR) is 138 cm³/mol. The molecule has 1 aromatic heterocycles. The van der Waals surface area contributed by atoms with E-state index in [1.165, 1.54) is 0 Å². The van der Waals surface area contributed by atoms with Gasteiger partial charge in [-0.2, -0.15) is 0 Å². The molecule has 0 amide bonds. The van der Waals surface area contributed by atoms with Crippen molar-refractivity contribution < 1.29 is 4.74 Å². The van der Waals surface area contributed by atoms with Crippen LogP contribution >= 0.6 is 35.3 Å². The molecule has 30 heavy (non-hydrogen) atoms. The molecule has 0 bridgehead atoms. The summed E-state index contributed by atoms with van der Waals surface area (Å²) in [5.41, 5.74) is 2.26. The van der Waals surface area contributed by atoms with Gasteiger partial charge in [0.1, 0.15) is 17.4 Å². The van der Waals surface area contributed by atoms with Crippen LogP contribution < -0.4 is 15.4 Å². The molecule has 2 rings (SSSR count). The molecule has 2 aromatic rings. The van der Waals surface area contributed by atoms with Crippen LogP contribution in [0.4, 0.5) is 0 Å². The summed E-state index contributed by atoms with van der Waals surface area (Å²) in [6.07, 6.45) is 0.